The first-order valence-corrected chi connectivity index (χ1v) is 7.50. The molecule has 0 spiro atoms. The van der Waals surface area contributed by atoms with Crippen LogP contribution in [0.15, 0.2) is 0 Å². The Bertz CT molecular complexity index is 257. The molecule has 3 N–H and O–H groups in total. The highest BCUT2D eigenvalue weighted by molar-refractivity contribution is 7.89. The quantitative estimate of drug-likeness (QED) is 0.547. The van der Waals surface area contributed by atoms with Crippen LogP contribution in [0.2, 0.25) is 0 Å². The summed E-state index contributed by atoms with van der Waals surface area (Å²) in [6.45, 7) is 1.42. The van der Waals surface area contributed by atoms with Crippen LogP contribution in [0.1, 0.15) is 38.5 Å². The Kier molecular flexibility index (Phi) is 5.56. The maximum atomic E-state index is 10.7. The third-order valence-electron chi connectivity index (χ3n) is 2.97. The van der Waals surface area contributed by atoms with Crippen LogP contribution in [0.25, 0.3) is 0 Å². The van der Waals surface area contributed by atoms with Crippen molar-refractivity contribution in [1.82, 2.24) is 5.32 Å². The van der Waals surface area contributed by atoms with E-state index in [9.17, 15) is 8.42 Å². The van der Waals surface area contributed by atoms with E-state index in [1.807, 2.05) is 0 Å². The summed E-state index contributed by atoms with van der Waals surface area (Å²) in [4.78, 5) is 0. The molecule has 15 heavy (non-hydrogen) atoms. The van der Waals surface area contributed by atoms with Crippen molar-refractivity contribution in [2.75, 3.05) is 18.8 Å². The van der Waals surface area contributed by atoms with Crippen molar-refractivity contribution in [3.8, 4) is 0 Å². The molecule has 90 valence electrons. The van der Waals surface area contributed by atoms with E-state index in [0.717, 1.165) is 12.5 Å². The van der Waals surface area contributed by atoms with Gasteiger partial charge >= 0.3 is 0 Å². The van der Waals surface area contributed by atoms with Crippen LogP contribution >= 0.6 is 0 Å². The molecule has 0 heterocycles. The summed E-state index contributed by atoms with van der Waals surface area (Å²) in [6, 6.07) is 0. The summed E-state index contributed by atoms with van der Waals surface area (Å²) in [5, 5.41) is 8.09. The van der Waals surface area contributed by atoms with Gasteiger partial charge in [0.25, 0.3) is 0 Å². The molecule has 4 nitrogen and oxygen atoms in total. The van der Waals surface area contributed by atoms with Crippen molar-refractivity contribution >= 4 is 10.0 Å². The van der Waals surface area contributed by atoms with Crippen molar-refractivity contribution in [3.05, 3.63) is 0 Å². The summed E-state index contributed by atoms with van der Waals surface area (Å²) in [6.07, 6.45) is 7.91. The molecule has 0 amide bonds. The average Bonchev–Trinajstić information content (AvgIpc) is 2.39. The fourth-order valence-corrected chi connectivity index (χ4v) is 2.52. The third-order valence-corrected chi connectivity index (χ3v) is 3.74. The Morgan fingerprint density at radius 3 is 2.27 bits per heavy atom. The van der Waals surface area contributed by atoms with Gasteiger partial charge in [-0.25, -0.2) is 13.6 Å². The molecule has 1 aliphatic rings. The fourth-order valence-electron chi connectivity index (χ4n) is 2.09. The molecule has 0 aromatic carbocycles. The van der Waals surface area contributed by atoms with Gasteiger partial charge in [0.15, 0.2) is 0 Å². The highest BCUT2D eigenvalue weighted by Crippen LogP contribution is 2.21. The number of hydrogen-bond donors (Lipinski definition) is 2. The molecule has 0 aromatic heterocycles. The normalized spacial score (nSPS) is 20.1. The van der Waals surface area contributed by atoms with Crippen LogP contribution in [-0.2, 0) is 10.0 Å². The number of hydrogen-bond acceptors (Lipinski definition) is 3. The number of nitrogens with one attached hydrogen (secondary N) is 1. The molecule has 1 aliphatic carbocycles. The standard InChI is InChI=1S/C10H22N2O2S/c11-15(13,14)8-7-12-9-10-5-3-1-2-4-6-10/h10,12H,1-9H2,(H2,11,13,14). The lowest BCUT2D eigenvalue weighted by Gasteiger charge is -2.14. The first-order chi connectivity index (χ1) is 7.08. The van der Waals surface area contributed by atoms with Crippen molar-refractivity contribution < 1.29 is 8.42 Å². The van der Waals surface area contributed by atoms with Crippen molar-refractivity contribution in [3.63, 3.8) is 0 Å². The van der Waals surface area contributed by atoms with Gasteiger partial charge in [-0.15, -0.1) is 0 Å². The zero-order valence-electron chi connectivity index (χ0n) is 9.24. The topological polar surface area (TPSA) is 72.2 Å². The second-order valence-electron chi connectivity index (χ2n) is 4.43. The summed E-state index contributed by atoms with van der Waals surface area (Å²) in [5.41, 5.74) is 0. The molecule has 1 saturated carbocycles. The van der Waals surface area contributed by atoms with Crippen LogP contribution in [0.5, 0.6) is 0 Å². The molecule has 0 radical (unpaired) electrons. The summed E-state index contributed by atoms with van der Waals surface area (Å²) >= 11 is 0. The van der Waals surface area contributed by atoms with Gasteiger partial charge in [0.1, 0.15) is 0 Å². The molecule has 0 saturated heterocycles. The predicted molar refractivity (Wildman–Crippen MR) is 62.0 cm³/mol. The average molecular weight is 234 g/mol. The Balaban J connectivity index is 2.08. The van der Waals surface area contributed by atoms with Crippen LogP contribution in [0.4, 0.5) is 0 Å². The van der Waals surface area contributed by atoms with Gasteiger partial charge in [-0.2, -0.15) is 0 Å². The molecule has 0 bridgehead atoms. The number of rotatable bonds is 5. The summed E-state index contributed by atoms with van der Waals surface area (Å²) in [7, 11) is -3.30. The second-order valence-corrected chi connectivity index (χ2v) is 6.16. The lowest BCUT2D eigenvalue weighted by molar-refractivity contribution is 0.430. The molecule has 0 aromatic rings. The monoisotopic (exact) mass is 234 g/mol. The zero-order valence-corrected chi connectivity index (χ0v) is 10.1. The zero-order chi connectivity index (χ0) is 11.1. The summed E-state index contributed by atoms with van der Waals surface area (Å²) in [5.74, 6) is 0.771. The largest absolute Gasteiger partial charge is 0.315 e. The Labute approximate surface area is 92.7 Å². The minimum atomic E-state index is -3.30. The van der Waals surface area contributed by atoms with E-state index >= 15 is 0 Å². The summed E-state index contributed by atoms with van der Waals surface area (Å²) < 4.78 is 21.4. The Hall–Kier alpha value is -0.130. The van der Waals surface area contributed by atoms with Gasteiger partial charge in [0.2, 0.25) is 10.0 Å². The van der Waals surface area contributed by atoms with E-state index in [0.29, 0.717) is 6.54 Å². The smallest absolute Gasteiger partial charge is 0.210 e. The lowest BCUT2D eigenvalue weighted by Crippen LogP contribution is -2.30. The Morgan fingerprint density at radius 2 is 1.73 bits per heavy atom. The van der Waals surface area contributed by atoms with E-state index in [1.54, 1.807) is 0 Å². The predicted octanol–water partition coefficient (Wildman–Crippen LogP) is 0.835. The van der Waals surface area contributed by atoms with Crippen molar-refractivity contribution in [2.24, 2.45) is 11.1 Å². The van der Waals surface area contributed by atoms with Gasteiger partial charge in [-0.1, -0.05) is 25.7 Å². The van der Waals surface area contributed by atoms with Crippen LogP contribution in [0, 0.1) is 5.92 Å². The number of nitrogens with two attached hydrogens (primary N) is 1. The molecular formula is C10H22N2O2S. The molecule has 1 fully saturated rings. The molecule has 0 atom stereocenters. The van der Waals surface area contributed by atoms with E-state index in [2.05, 4.69) is 5.32 Å². The molecule has 5 heteroatoms. The molecular weight excluding hydrogens is 212 g/mol. The first kappa shape index (κ1) is 12.9. The second kappa shape index (κ2) is 6.45. The van der Waals surface area contributed by atoms with Crippen LogP contribution < -0.4 is 10.5 Å². The first-order valence-electron chi connectivity index (χ1n) is 5.79. The van der Waals surface area contributed by atoms with E-state index < -0.39 is 10.0 Å². The van der Waals surface area contributed by atoms with E-state index in [-0.39, 0.29) is 5.75 Å². The molecule has 1 rings (SSSR count). The maximum Gasteiger partial charge on any atom is 0.210 e. The van der Waals surface area contributed by atoms with E-state index in [1.165, 1.54) is 38.5 Å². The van der Waals surface area contributed by atoms with Gasteiger partial charge in [-0.05, 0) is 25.3 Å². The minimum absolute atomic E-state index is 0.0414. The van der Waals surface area contributed by atoms with Crippen molar-refractivity contribution in [2.45, 2.75) is 38.5 Å². The maximum absolute atomic E-state index is 10.7. The highest BCUT2D eigenvalue weighted by Gasteiger charge is 2.11. The van der Waals surface area contributed by atoms with Crippen LogP contribution in [0.3, 0.4) is 0 Å². The number of primary sulfonamides is 1. The molecule has 0 unspecified atom stereocenters. The molecule has 0 aliphatic heterocycles. The van der Waals surface area contributed by atoms with Gasteiger partial charge < -0.3 is 5.32 Å². The SMILES string of the molecule is NS(=O)(=O)CCNCC1CCCCCC1. The Morgan fingerprint density at radius 1 is 1.13 bits per heavy atom. The minimum Gasteiger partial charge on any atom is -0.315 e. The number of sulfonamides is 1. The van der Waals surface area contributed by atoms with Crippen molar-refractivity contribution in [1.29, 1.82) is 0 Å². The van der Waals surface area contributed by atoms with Gasteiger partial charge in [0, 0.05) is 6.54 Å². The van der Waals surface area contributed by atoms with Gasteiger partial charge in [0.05, 0.1) is 5.75 Å². The third kappa shape index (κ3) is 6.87. The van der Waals surface area contributed by atoms with Gasteiger partial charge in [-0.3, -0.25) is 0 Å². The highest BCUT2D eigenvalue weighted by atomic mass is 32.2. The fraction of sp³-hybridized carbons (Fsp3) is 1.00. The lowest BCUT2D eigenvalue weighted by atomic mass is 10.0. The van der Waals surface area contributed by atoms with E-state index in [4.69, 9.17) is 5.14 Å². The van der Waals surface area contributed by atoms with Crippen LogP contribution in [-0.4, -0.2) is 27.3 Å².